The molecule has 0 radical (unpaired) electrons. The Labute approximate surface area is 199 Å². The highest BCUT2D eigenvalue weighted by Crippen LogP contribution is 2.25. The van der Waals surface area contributed by atoms with Gasteiger partial charge in [0.15, 0.2) is 0 Å². The third-order valence-electron chi connectivity index (χ3n) is 5.08. The minimum Gasteiger partial charge on any atom is -0.354 e. The molecule has 0 saturated heterocycles. The summed E-state index contributed by atoms with van der Waals surface area (Å²) in [4.78, 5) is 28.4. The SMILES string of the molecule is CCCNC(=O)[C@H](c1ccccc1)N(Cc1ccc(Cl)cc1)C(=O)Cc1ccc(Cl)cc1. The van der Waals surface area contributed by atoms with E-state index in [2.05, 4.69) is 5.32 Å². The predicted octanol–water partition coefficient (Wildman–Crippen LogP) is 5.83. The Kier molecular flexibility index (Phi) is 8.72. The molecule has 3 aromatic carbocycles. The van der Waals surface area contributed by atoms with Crippen LogP contribution in [-0.4, -0.2) is 23.3 Å². The zero-order chi connectivity index (χ0) is 22.9. The number of hydrogen-bond acceptors (Lipinski definition) is 2. The molecule has 1 N–H and O–H groups in total. The Morgan fingerprint density at radius 1 is 0.844 bits per heavy atom. The molecule has 4 nitrogen and oxygen atoms in total. The number of nitrogens with one attached hydrogen (secondary N) is 1. The van der Waals surface area contributed by atoms with Gasteiger partial charge in [-0.15, -0.1) is 0 Å². The topological polar surface area (TPSA) is 49.4 Å². The molecule has 0 heterocycles. The summed E-state index contributed by atoms with van der Waals surface area (Å²) >= 11 is 12.0. The average Bonchev–Trinajstić information content (AvgIpc) is 2.80. The maximum absolute atomic E-state index is 13.5. The van der Waals surface area contributed by atoms with E-state index in [0.29, 0.717) is 16.6 Å². The smallest absolute Gasteiger partial charge is 0.247 e. The van der Waals surface area contributed by atoms with Gasteiger partial charge in [0.05, 0.1) is 6.42 Å². The number of halogens is 2. The maximum Gasteiger partial charge on any atom is 0.247 e. The zero-order valence-electron chi connectivity index (χ0n) is 17.9. The molecule has 0 aliphatic rings. The van der Waals surface area contributed by atoms with Crippen LogP contribution in [0.1, 0.15) is 36.1 Å². The van der Waals surface area contributed by atoms with E-state index in [1.165, 1.54) is 0 Å². The van der Waals surface area contributed by atoms with Crippen molar-refractivity contribution in [3.63, 3.8) is 0 Å². The average molecular weight is 469 g/mol. The molecule has 0 aliphatic carbocycles. The molecule has 3 aromatic rings. The van der Waals surface area contributed by atoms with E-state index < -0.39 is 6.04 Å². The lowest BCUT2D eigenvalue weighted by Crippen LogP contribution is -2.44. The minimum absolute atomic E-state index is 0.150. The van der Waals surface area contributed by atoms with Crippen molar-refractivity contribution in [2.45, 2.75) is 32.4 Å². The van der Waals surface area contributed by atoms with Crippen LogP contribution in [0.15, 0.2) is 78.9 Å². The lowest BCUT2D eigenvalue weighted by molar-refractivity contribution is -0.141. The summed E-state index contributed by atoms with van der Waals surface area (Å²) in [5, 5.41) is 4.19. The van der Waals surface area contributed by atoms with Gasteiger partial charge in [-0.2, -0.15) is 0 Å². The second-order valence-electron chi connectivity index (χ2n) is 7.56. The van der Waals surface area contributed by atoms with E-state index in [9.17, 15) is 9.59 Å². The van der Waals surface area contributed by atoms with Gasteiger partial charge in [-0.25, -0.2) is 0 Å². The van der Waals surface area contributed by atoms with Crippen molar-refractivity contribution in [2.24, 2.45) is 0 Å². The normalized spacial score (nSPS) is 11.6. The van der Waals surface area contributed by atoms with E-state index in [0.717, 1.165) is 23.1 Å². The van der Waals surface area contributed by atoms with Gasteiger partial charge >= 0.3 is 0 Å². The lowest BCUT2D eigenvalue weighted by Gasteiger charge is -2.32. The van der Waals surface area contributed by atoms with Gasteiger partial charge in [-0.1, -0.05) is 84.7 Å². The van der Waals surface area contributed by atoms with Crippen LogP contribution in [0, 0.1) is 0 Å². The van der Waals surface area contributed by atoms with Crippen LogP contribution in [0.4, 0.5) is 0 Å². The standard InChI is InChI=1S/C26H26Cl2N2O2/c1-2-16-29-26(32)25(21-6-4-3-5-7-21)30(18-20-10-14-23(28)15-11-20)24(31)17-19-8-12-22(27)13-9-19/h3-15,25H,2,16-18H2,1H3,(H,29,32)/t25-/m0/s1. The van der Waals surface area contributed by atoms with Crippen LogP contribution < -0.4 is 5.32 Å². The highest BCUT2D eigenvalue weighted by Gasteiger charge is 2.31. The molecule has 0 fully saturated rings. The van der Waals surface area contributed by atoms with Gasteiger partial charge in [-0.05, 0) is 47.4 Å². The van der Waals surface area contributed by atoms with Crippen molar-refractivity contribution in [2.75, 3.05) is 6.54 Å². The van der Waals surface area contributed by atoms with Crippen LogP contribution in [0.3, 0.4) is 0 Å². The minimum atomic E-state index is -0.752. The molecule has 0 bridgehead atoms. The molecule has 0 aromatic heterocycles. The van der Waals surface area contributed by atoms with Gasteiger partial charge in [0.1, 0.15) is 6.04 Å². The summed E-state index contributed by atoms with van der Waals surface area (Å²) in [5.41, 5.74) is 2.49. The van der Waals surface area contributed by atoms with Crippen LogP contribution in [0.2, 0.25) is 10.0 Å². The first-order valence-electron chi connectivity index (χ1n) is 10.6. The highest BCUT2D eigenvalue weighted by atomic mass is 35.5. The summed E-state index contributed by atoms with van der Waals surface area (Å²) in [6, 6.07) is 23.1. The number of carbonyl (C=O) groups is 2. The van der Waals surface area contributed by atoms with Crippen molar-refractivity contribution in [1.29, 1.82) is 0 Å². The van der Waals surface area contributed by atoms with Crippen molar-refractivity contribution < 1.29 is 9.59 Å². The van der Waals surface area contributed by atoms with E-state index in [-0.39, 0.29) is 24.8 Å². The third kappa shape index (κ3) is 6.59. The molecular formula is C26H26Cl2N2O2. The summed E-state index contributed by atoms with van der Waals surface area (Å²) < 4.78 is 0. The monoisotopic (exact) mass is 468 g/mol. The molecule has 32 heavy (non-hydrogen) atoms. The van der Waals surface area contributed by atoms with Gasteiger partial charge in [0, 0.05) is 23.1 Å². The molecule has 1 atom stereocenters. The number of nitrogens with zero attached hydrogens (tertiary/aromatic N) is 1. The summed E-state index contributed by atoms with van der Waals surface area (Å²) in [6.07, 6.45) is 0.971. The highest BCUT2D eigenvalue weighted by molar-refractivity contribution is 6.30. The number of carbonyl (C=O) groups excluding carboxylic acids is 2. The Hall–Kier alpha value is -2.82. The molecule has 3 rings (SSSR count). The molecule has 0 saturated carbocycles. The molecule has 0 unspecified atom stereocenters. The largest absolute Gasteiger partial charge is 0.354 e. The first-order valence-corrected chi connectivity index (χ1v) is 11.3. The fourth-order valence-corrected chi connectivity index (χ4v) is 3.69. The van der Waals surface area contributed by atoms with Crippen LogP contribution in [0.25, 0.3) is 0 Å². The van der Waals surface area contributed by atoms with Gasteiger partial charge in [0.25, 0.3) is 0 Å². The van der Waals surface area contributed by atoms with Crippen molar-refractivity contribution >= 4 is 35.0 Å². The second kappa shape index (κ2) is 11.7. The number of hydrogen-bond donors (Lipinski definition) is 1. The zero-order valence-corrected chi connectivity index (χ0v) is 19.4. The van der Waals surface area contributed by atoms with E-state index in [1.807, 2.05) is 61.5 Å². The van der Waals surface area contributed by atoms with E-state index in [4.69, 9.17) is 23.2 Å². The Morgan fingerprint density at radius 3 is 1.97 bits per heavy atom. The summed E-state index contributed by atoms with van der Waals surface area (Å²) in [7, 11) is 0. The Balaban J connectivity index is 1.97. The Morgan fingerprint density at radius 2 is 1.41 bits per heavy atom. The molecule has 0 spiro atoms. The first-order chi connectivity index (χ1) is 15.5. The van der Waals surface area contributed by atoms with E-state index in [1.54, 1.807) is 29.2 Å². The summed E-state index contributed by atoms with van der Waals surface area (Å²) in [6.45, 7) is 2.82. The third-order valence-corrected chi connectivity index (χ3v) is 5.58. The quantitative estimate of drug-likeness (QED) is 0.429. The van der Waals surface area contributed by atoms with E-state index >= 15 is 0 Å². The van der Waals surface area contributed by atoms with Gasteiger partial charge in [-0.3, -0.25) is 9.59 Å². The number of benzene rings is 3. The molecule has 6 heteroatoms. The fourth-order valence-electron chi connectivity index (χ4n) is 3.44. The number of amides is 2. The molecule has 2 amide bonds. The van der Waals surface area contributed by atoms with Gasteiger partial charge in [0.2, 0.25) is 11.8 Å². The second-order valence-corrected chi connectivity index (χ2v) is 8.43. The first kappa shape index (κ1) is 23.8. The molecule has 0 aliphatic heterocycles. The fraction of sp³-hybridized carbons (Fsp3) is 0.231. The summed E-state index contributed by atoms with van der Waals surface area (Å²) in [5.74, 6) is -0.348. The van der Waals surface area contributed by atoms with Crippen LogP contribution >= 0.6 is 23.2 Å². The Bertz CT molecular complexity index is 1020. The lowest BCUT2D eigenvalue weighted by atomic mass is 10.0. The van der Waals surface area contributed by atoms with Crippen molar-refractivity contribution in [3.05, 3.63) is 106 Å². The van der Waals surface area contributed by atoms with Crippen LogP contribution in [0.5, 0.6) is 0 Å². The molecule has 166 valence electrons. The predicted molar refractivity (Wildman–Crippen MR) is 130 cm³/mol. The molecular weight excluding hydrogens is 443 g/mol. The van der Waals surface area contributed by atoms with Gasteiger partial charge < -0.3 is 10.2 Å². The van der Waals surface area contributed by atoms with Crippen molar-refractivity contribution in [1.82, 2.24) is 10.2 Å². The van der Waals surface area contributed by atoms with Crippen LogP contribution in [-0.2, 0) is 22.6 Å². The van der Waals surface area contributed by atoms with Crippen molar-refractivity contribution in [3.8, 4) is 0 Å². The maximum atomic E-state index is 13.5. The number of rotatable bonds is 9.